The summed E-state index contributed by atoms with van der Waals surface area (Å²) in [6.45, 7) is 2.66. The van der Waals surface area contributed by atoms with Crippen LogP contribution in [0.3, 0.4) is 0 Å². The molecule has 0 radical (unpaired) electrons. The monoisotopic (exact) mass is 519 g/mol. The molecule has 38 heavy (non-hydrogen) atoms. The highest BCUT2D eigenvalue weighted by molar-refractivity contribution is 6.04. The van der Waals surface area contributed by atoms with Crippen molar-refractivity contribution in [2.24, 2.45) is 23.7 Å². The fourth-order valence-corrected chi connectivity index (χ4v) is 7.57. The van der Waals surface area contributed by atoms with Crippen molar-refractivity contribution in [3.05, 3.63) is 42.1 Å². The lowest BCUT2D eigenvalue weighted by Gasteiger charge is -2.37. The number of pyridine rings is 1. The number of rotatable bonds is 7. The number of hydrogen-bond acceptors (Lipinski definition) is 4. The molecule has 2 N–H and O–H groups in total. The Morgan fingerprint density at radius 2 is 1.79 bits per heavy atom. The number of fused-ring (bicyclic) bond motifs is 1. The number of ketones is 1. The molecular formula is C31H41N3O4. The van der Waals surface area contributed by atoms with E-state index in [1.807, 2.05) is 42.2 Å². The standard InChI is InChI=1S/C31H41N3O4/c1-2-26(33-31(37)38)21-10-12-22(13-11-21)30(36)34-18-16-25(20-7-4-3-5-8-20)28(34)29(35)24-14-15-27-23(19-24)9-6-17-32-27/h6,9,14-15,17,19-22,25-26,28,33H,2-5,7-8,10-13,16,18H2,1H3,(H,37,38)/t21-,22-,25-,26?,28-/m0/s1. The second-order valence-electron chi connectivity index (χ2n) is 11.7. The number of carboxylic acid groups (broad SMARTS) is 1. The average Bonchev–Trinajstić information content (AvgIpc) is 3.40. The second kappa shape index (κ2) is 11.8. The van der Waals surface area contributed by atoms with Crippen LogP contribution >= 0.6 is 0 Å². The largest absolute Gasteiger partial charge is 0.465 e. The summed E-state index contributed by atoms with van der Waals surface area (Å²) in [5.41, 5.74) is 1.54. The second-order valence-corrected chi connectivity index (χ2v) is 11.7. The minimum Gasteiger partial charge on any atom is -0.465 e. The molecule has 1 aliphatic heterocycles. The Hall–Kier alpha value is -2.96. The van der Waals surface area contributed by atoms with Gasteiger partial charge in [0.25, 0.3) is 0 Å². The Kier molecular flexibility index (Phi) is 8.29. The summed E-state index contributed by atoms with van der Waals surface area (Å²) in [6, 6.07) is 9.14. The molecule has 3 atom stereocenters. The summed E-state index contributed by atoms with van der Waals surface area (Å²) in [7, 11) is 0. The summed E-state index contributed by atoms with van der Waals surface area (Å²) in [5, 5.41) is 12.8. The molecule has 0 spiro atoms. The summed E-state index contributed by atoms with van der Waals surface area (Å²) >= 11 is 0. The van der Waals surface area contributed by atoms with Crippen LogP contribution in [0.2, 0.25) is 0 Å². The van der Waals surface area contributed by atoms with Gasteiger partial charge in [0.05, 0.1) is 11.6 Å². The fourth-order valence-electron chi connectivity index (χ4n) is 7.57. The molecule has 3 fully saturated rings. The zero-order chi connectivity index (χ0) is 26.6. The maximum atomic E-state index is 14.1. The third kappa shape index (κ3) is 5.57. The van der Waals surface area contributed by atoms with Crippen molar-refractivity contribution in [2.45, 2.75) is 89.6 Å². The summed E-state index contributed by atoms with van der Waals surface area (Å²) in [4.78, 5) is 45.6. The highest BCUT2D eigenvalue weighted by Gasteiger charge is 2.47. The number of carbonyl (C=O) groups excluding carboxylic acids is 2. The van der Waals surface area contributed by atoms with Crippen molar-refractivity contribution in [2.75, 3.05) is 6.54 Å². The Bertz CT molecular complexity index is 1150. The number of carbonyl (C=O) groups is 3. The van der Waals surface area contributed by atoms with Gasteiger partial charge < -0.3 is 15.3 Å². The minimum absolute atomic E-state index is 0.0669. The van der Waals surface area contributed by atoms with Crippen LogP contribution in [-0.4, -0.2) is 51.4 Å². The van der Waals surface area contributed by atoms with Crippen molar-refractivity contribution in [1.82, 2.24) is 15.2 Å². The normalized spacial score (nSPS) is 27.2. The van der Waals surface area contributed by atoms with E-state index in [2.05, 4.69) is 10.3 Å². The maximum Gasteiger partial charge on any atom is 0.404 e. The number of nitrogens with one attached hydrogen (secondary N) is 1. The summed E-state index contributed by atoms with van der Waals surface area (Å²) in [6.07, 6.45) is 11.6. The number of amides is 2. The van der Waals surface area contributed by atoms with E-state index in [9.17, 15) is 19.5 Å². The van der Waals surface area contributed by atoms with E-state index in [1.54, 1.807) is 6.20 Å². The van der Waals surface area contributed by atoms with Crippen molar-refractivity contribution < 1.29 is 19.5 Å². The minimum atomic E-state index is -0.980. The Balaban J connectivity index is 1.35. The van der Waals surface area contributed by atoms with E-state index >= 15 is 0 Å². The first-order chi connectivity index (χ1) is 18.5. The molecular weight excluding hydrogens is 478 g/mol. The first kappa shape index (κ1) is 26.6. The third-order valence-corrected chi connectivity index (χ3v) is 9.58. The summed E-state index contributed by atoms with van der Waals surface area (Å²) in [5.74, 6) is 1.09. The Labute approximate surface area is 225 Å². The lowest BCUT2D eigenvalue weighted by atomic mass is 9.74. The molecule has 1 saturated heterocycles. The highest BCUT2D eigenvalue weighted by atomic mass is 16.4. The molecule has 2 heterocycles. The number of hydrogen-bond donors (Lipinski definition) is 2. The highest BCUT2D eigenvalue weighted by Crippen LogP contribution is 2.42. The topological polar surface area (TPSA) is 99.6 Å². The van der Waals surface area contributed by atoms with E-state index in [-0.39, 0.29) is 35.5 Å². The van der Waals surface area contributed by atoms with Crippen molar-refractivity contribution in [1.29, 1.82) is 0 Å². The molecule has 204 valence electrons. The van der Waals surface area contributed by atoms with Crippen molar-refractivity contribution in [3.63, 3.8) is 0 Å². The SMILES string of the molecule is CCC(NC(=O)O)[C@H]1CC[C@H](C(=O)N2CC[C@@H](C3CCCCC3)[C@H]2C(=O)c2ccc3ncccc3c2)CC1. The molecule has 1 unspecified atom stereocenters. The number of likely N-dealkylation sites (tertiary alicyclic amines) is 1. The zero-order valence-corrected chi connectivity index (χ0v) is 22.5. The van der Waals surface area contributed by atoms with Gasteiger partial charge in [0, 0.05) is 35.7 Å². The first-order valence-corrected chi connectivity index (χ1v) is 14.6. The van der Waals surface area contributed by atoms with Crippen molar-refractivity contribution in [3.8, 4) is 0 Å². The van der Waals surface area contributed by atoms with Crippen LogP contribution in [-0.2, 0) is 4.79 Å². The van der Waals surface area contributed by atoms with Crippen LogP contribution in [0.15, 0.2) is 36.5 Å². The van der Waals surface area contributed by atoms with Gasteiger partial charge in [-0.15, -0.1) is 0 Å². The molecule has 7 heteroatoms. The van der Waals surface area contributed by atoms with E-state index in [0.717, 1.165) is 62.3 Å². The molecule has 2 aliphatic carbocycles. The molecule has 1 aromatic carbocycles. The molecule has 2 aromatic rings. The predicted molar refractivity (Wildman–Crippen MR) is 147 cm³/mol. The van der Waals surface area contributed by atoms with Gasteiger partial charge in [0.2, 0.25) is 5.91 Å². The number of Topliss-reactive ketones (excluding diaryl/α,β-unsaturated/α-hetero) is 1. The molecule has 3 aliphatic rings. The number of benzene rings is 1. The number of nitrogens with zero attached hydrogens (tertiary/aromatic N) is 2. The number of aromatic nitrogens is 1. The molecule has 5 rings (SSSR count). The smallest absolute Gasteiger partial charge is 0.404 e. The van der Waals surface area contributed by atoms with Gasteiger partial charge in [-0.2, -0.15) is 0 Å². The maximum absolute atomic E-state index is 14.1. The van der Waals surface area contributed by atoms with E-state index < -0.39 is 12.1 Å². The quantitative estimate of drug-likeness (QED) is 0.433. The fraction of sp³-hybridized carbons (Fsp3) is 0.613. The van der Waals surface area contributed by atoms with Crippen LogP contribution in [0.5, 0.6) is 0 Å². The van der Waals surface area contributed by atoms with Gasteiger partial charge >= 0.3 is 6.09 Å². The van der Waals surface area contributed by atoms with Crippen LogP contribution in [0, 0.1) is 23.7 Å². The van der Waals surface area contributed by atoms with Crippen LogP contribution in [0.4, 0.5) is 4.79 Å². The Morgan fingerprint density at radius 1 is 1.03 bits per heavy atom. The summed E-state index contributed by atoms with van der Waals surface area (Å²) < 4.78 is 0. The lowest BCUT2D eigenvalue weighted by Crippen LogP contribution is -2.48. The third-order valence-electron chi connectivity index (χ3n) is 9.58. The van der Waals surface area contributed by atoms with E-state index in [1.165, 1.54) is 19.3 Å². The van der Waals surface area contributed by atoms with Gasteiger partial charge in [0.15, 0.2) is 5.78 Å². The van der Waals surface area contributed by atoms with Crippen molar-refractivity contribution >= 4 is 28.7 Å². The van der Waals surface area contributed by atoms with Gasteiger partial charge in [-0.1, -0.05) is 45.1 Å². The van der Waals surface area contributed by atoms with Gasteiger partial charge in [-0.3, -0.25) is 14.6 Å². The van der Waals surface area contributed by atoms with Gasteiger partial charge in [-0.25, -0.2) is 4.79 Å². The molecule has 2 saturated carbocycles. The first-order valence-electron chi connectivity index (χ1n) is 14.6. The van der Waals surface area contributed by atoms with E-state index in [0.29, 0.717) is 18.0 Å². The predicted octanol–water partition coefficient (Wildman–Crippen LogP) is 6.07. The van der Waals surface area contributed by atoms with Gasteiger partial charge in [-0.05, 0) is 80.5 Å². The molecule has 1 aromatic heterocycles. The van der Waals surface area contributed by atoms with Crippen LogP contribution < -0.4 is 5.32 Å². The Morgan fingerprint density at radius 3 is 2.50 bits per heavy atom. The van der Waals surface area contributed by atoms with E-state index in [4.69, 9.17) is 0 Å². The average molecular weight is 520 g/mol. The molecule has 2 amide bonds. The molecule has 0 bridgehead atoms. The lowest BCUT2D eigenvalue weighted by molar-refractivity contribution is -0.137. The van der Waals surface area contributed by atoms with Crippen LogP contribution in [0.25, 0.3) is 10.9 Å². The van der Waals surface area contributed by atoms with Gasteiger partial charge in [0.1, 0.15) is 0 Å². The molecule has 7 nitrogen and oxygen atoms in total. The zero-order valence-electron chi connectivity index (χ0n) is 22.5. The van der Waals surface area contributed by atoms with Crippen LogP contribution in [0.1, 0.15) is 87.9 Å².